The molecule has 1 unspecified atom stereocenters. The Hall–Kier alpha value is -1.83. The smallest absolute Gasteiger partial charge is 0.325 e. The van der Waals surface area contributed by atoms with Gasteiger partial charge in [-0.3, -0.25) is 9.59 Å². The second-order valence-corrected chi connectivity index (χ2v) is 3.88. The first-order chi connectivity index (χ1) is 8.50. The summed E-state index contributed by atoms with van der Waals surface area (Å²) < 4.78 is 5.10. The summed E-state index contributed by atoms with van der Waals surface area (Å²) in [6.07, 6.45) is 0. The molecule has 0 aromatic carbocycles. The number of morpholine rings is 1. The predicted molar refractivity (Wildman–Crippen MR) is 61.0 cm³/mol. The zero-order chi connectivity index (χ0) is 13.5. The fourth-order valence-electron chi connectivity index (χ4n) is 1.39. The van der Waals surface area contributed by atoms with Gasteiger partial charge in [0, 0.05) is 13.1 Å². The number of urea groups is 1. The summed E-state index contributed by atoms with van der Waals surface area (Å²) in [6, 6.07) is -1.67. The molecule has 0 saturated carbocycles. The minimum atomic E-state index is -1.13. The van der Waals surface area contributed by atoms with Crippen molar-refractivity contribution in [3.63, 3.8) is 0 Å². The van der Waals surface area contributed by atoms with Crippen LogP contribution < -0.4 is 10.6 Å². The number of ether oxygens (including phenoxy) is 1. The summed E-state index contributed by atoms with van der Waals surface area (Å²) in [6.45, 7) is 3.19. The van der Waals surface area contributed by atoms with Crippen LogP contribution >= 0.6 is 0 Å². The highest BCUT2D eigenvalue weighted by atomic mass is 16.5. The average Bonchev–Trinajstić information content (AvgIpc) is 2.36. The van der Waals surface area contributed by atoms with Crippen LogP contribution in [0.4, 0.5) is 4.79 Å². The van der Waals surface area contributed by atoms with Crippen LogP contribution in [0.25, 0.3) is 0 Å². The van der Waals surface area contributed by atoms with Crippen LogP contribution in [-0.2, 0) is 14.3 Å². The molecule has 1 aliphatic rings. The number of nitrogens with zero attached hydrogens (tertiary/aromatic N) is 1. The molecule has 18 heavy (non-hydrogen) atoms. The van der Waals surface area contributed by atoms with Gasteiger partial charge in [0.1, 0.15) is 6.04 Å². The van der Waals surface area contributed by atoms with Crippen LogP contribution in [-0.4, -0.2) is 66.8 Å². The molecule has 1 rings (SSSR count). The van der Waals surface area contributed by atoms with E-state index < -0.39 is 18.0 Å². The zero-order valence-corrected chi connectivity index (χ0v) is 10.1. The third kappa shape index (κ3) is 4.58. The van der Waals surface area contributed by atoms with Crippen molar-refractivity contribution in [1.29, 1.82) is 0 Å². The van der Waals surface area contributed by atoms with Crippen molar-refractivity contribution in [2.75, 3.05) is 32.8 Å². The van der Waals surface area contributed by atoms with Crippen LogP contribution in [0.1, 0.15) is 6.92 Å². The number of nitrogens with one attached hydrogen (secondary N) is 2. The minimum absolute atomic E-state index is 0.155. The van der Waals surface area contributed by atoms with Crippen molar-refractivity contribution in [3.8, 4) is 0 Å². The molecule has 1 aliphatic heterocycles. The second-order valence-electron chi connectivity index (χ2n) is 3.88. The van der Waals surface area contributed by atoms with Gasteiger partial charge in [0.15, 0.2) is 0 Å². The molecule has 0 aromatic rings. The van der Waals surface area contributed by atoms with Crippen LogP contribution in [0.15, 0.2) is 0 Å². The molecule has 1 saturated heterocycles. The van der Waals surface area contributed by atoms with E-state index in [9.17, 15) is 14.4 Å². The van der Waals surface area contributed by atoms with Crippen molar-refractivity contribution in [2.24, 2.45) is 0 Å². The highest BCUT2D eigenvalue weighted by Gasteiger charge is 2.18. The Balaban J connectivity index is 2.25. The molecule has 0 aliphatic carbocycles. The van der Waals surface area contributed by atoms with Gasteiger partial charge in [-0.2, -0.15) is 0 Å². The van der Waals surface area contributed by atoms with E-state index in [1.165, 1.54) is 6.92 Å². The van der Waals surface area contributed by atoms with Crippen molar-refractivity contribution >= 4 is 17.9 Å². The Morgan fingerprint density at radius 3 is 2.50 bits per heavy atom. The highest BCUT2D eigenvalue weighted by molar-refractivity contribution is 5.86. The van der Waals surface area contributed by atoms with Gasteiger partial charge in [0.05, 0.1) is 19.8 Å². The van der Waals surface area contributed by atoms with Gasteiger partial charge in [-0.25, -0.2) is 4.79 Å². The van der Waals surface area contributed by atoms with Crippen LogP contribution in [0.3, 0.4) is 0 Å². The maximum absolute atomic E-state index is 11.6. The van der Waals surface area contributed by atoms with Crippen LogP contribution in [0.5, 0.6) is 0 Å². The van der Waals surface area contributed by atoms with Crippen molar-refractivity contribution in [2.45, 2.75) is 13.0 Å². The molecular weight excluding hydrogens is 242 g/mol. The first-order valence-electron chi connectivity index (χ1n) is 5.63. The molecule has 8 heteroatoms. The number of hydrogen-bond acceptors (Lipinski definition) is 4. The molecule has 3 N–H and O–H groups in total. The minimum Gasteiger partial charge on any atom is -0.480 e. The van der Waals surface area contributed by atoms with Gasteiger partial charge >= 0.3 is 12.0 Å². The zero-order valence-electron chi connectivity index (χ0n) is 10.1. The molecule has 1 atom stereocenters. The molecular formula is C10H17N3O5. The molecule has 0 radical (unpaired) electrons. The van der Waals surface area contributed by atoms with Gasteiger partial charge < -0.3 is 25.4 Å². The number of carbonyl (C=O) groups is 3. The Morgan fingerprint density at radius 2 is 1.94 bits per heavy atom. The van der Waals surface area contributed by atoms with Gasteiger partial charge in [0.25, 0.3) is 0 Å². The first-order valence-corrected chi connectivity index (χ1v) is 5.63. The molecule has 8 nitrogen and oxygen atoms in total. The normalized spacial score (nSPS) is 16.8. The number of amides is 3. The monoisotopic (exact) mass is 259 g/mol. The number of hydrogen-bond donors (Lipinski definition) is 3. The third-order valence-corrected chi connectivity index (χ3v) is 2.48. The fraction of sp³-hybridized carbons (Fsp3) is 0.700. The Kier molecular flexibility index (Phi) is 5.37. The number of carboxylic acid groups (broad SMARTS) is 1. The molecule has 0 spiro atoms. The van der Waals surface area contributed by atoms with E-state index in [1.807, 2.05) is 0 Å². The van der Waals surface area contributed by atoms with Crippen LogP contribution in [0, 0.1) is 0 Å². The van der Waals surface area contributed by atoms with E-state index in [4.69, 9.17) is 9.84 Å². The van der Waals surface area contributed by atoms with Crippen molar-refractivity contribution in [1.82, 2.24) is 15.5 Å². The lowest BCUT2D eigenvalue weighted by Crippen LogP contribution is -2.49. The standard InChI is InChI=1S/C10H17N3O5/c1-7(9(15)16)12-10(17)11-6-8(14)13-2-4-18-5-3-13/h7H,2-6H2,1H3,(H,15,16)(H2,11,12,17). The molecule has 102 valence electrons. The van der Waals surface area contributed by atoms with Gasteiger partial charge in [0.2, 0.25) is 5.91 Å². The lowest BCUT2D eigenvalue weighted by atomic mass is 10.3. The lowest BCUT2D eigenvalue weighted by Gasteiger charge is -2.26. The largest absolute Gasteiger partial charge is 0.480 e. The van der Waals surface area contributed by atoms with E-state index in [1.54, 1.807) is 4.90 Å². The number of carbonyl (C=O) groups excluding carboxylic acids is 2. The molecule has 0 aromatic heterocycles. The van der Waals surface area contributed by atoms with Gasteiger partial charge in [-0.15, -0.1) is 0 Å². The van der Waals surface area contributed by atoms with E-state index in [0.717, 1.165) is 0 Å². The topological polar surface area (TPSA) is 108 Å². The van der Waals surface area contributed by atoms with E-state index in [0.29, 0.717) is 26.3 Å². The SMILES string of the molecule is CC(NC(=O)NCC(=O)N1CCOCC1)C(=O)O. The number of rotatable bonds is 4. The fourth-order valence-corrected chi connectivity index (χ4v) is 1.39. The summed E-state index contributed by atoms with van der Waals surface area (Å²) in [5.74, 6) is -1.35. The summed E-state index contributed by atoms with van der Waals surface area (Å²) in [4.78, 5) is 35.0. The number of carboxylic acids is 1. The lowest BCUT2D eigenvalue weighted by molar-refractivity contribution is -0.138. The molecule has 0 bridgehead atoms. The average molecular weight is 259 g/mol. The summed E-state index contributed by atoms with van der Waals surface area (Å²) in [5, 5.41) is 13.1. The van der Waals surface area contributed by atoms with Crippen LogP contribution in [0.2, 0.25) is 0 Å². The maximum atomic E-state index is 11.6. The first kappa shape index (κ1) is 14.2. The van der Waals surface area contributed by atoms with Gasteiger partial charge in [-0.1, -0.05) is 0 Å². The molecule has 3 amide bonds. The van der Waals surface area contributed by atoms with Crippen molar-refractivity contribution < 1.29 is 24.2 Å². The molecule has 1 heterocycles. The van der Waals surface area contributed by atoms with Gasteiger partial charge in [-0.05, 0) is 6.92 Å². The highest BCUT2D eigenvalue weighted by Crippen LogP contribution is 1.96. The summed E-state index contributed by atoms with van der Waals surface area (Å²) in [5.41, 5.74) is 0. The van der Waals surface area contributed by atoms with E-state index in [-0.39, 0.29) is 12.5 Å². The Bertz CT molecular complexity index is 327. The Morgan fingerprint density at radius 1 is 1.33 bits per heavy atom. The van der Waals surface area contributed by atoms with Crippen molar-refractivity contribution in [3.05, 3.63) is 0 Å². The summed E-state index contributed by atoms with van der Waals surface area (Å²) >= 11 is 0. The molecule has 1 fully saturated rings. The third-order valence-electron chi connectivity index (χ3n) is 2.48. The Labute approximate surface area is 104 Å². The predicted octanol–water partition coefficient (Wildman–Crippen LogP) is -1.38. The quantitative estimate of drug-likeness (QED) is 0.576. The maximum Gasteiger partial charge on any atom is 0.325 e. The summed E-state index contributed by atoms with van der Waals surface area (Å²) in [7, 11) is 0. The van der Waals surface area contributed by atoms with E-state index in [2.05, 4.69) is 10.6 Å². The number of aliphatic carboxylic acids is 1. The van der Waals surface area contributed by atoms with E-state index >= 15 is 0 Å². The second kappa shape index (κ2) is 6.80.